The van der Waals surface area contributed by atoms with Crippen LogP contribution in [0.3, 0.4) is 0 Å². The van der Waals surface area contributed by atoms with Gasteiger partial charge in [0.05, 0.1) is 0 Å². The van der Waals surface area contributed by atoms with Crippen molar-refractivity contribution in [1.29, 1.82) is 0 Å². The molecule has 0 aliphatic carbocycles. The van der Waals surface area contributed by atoms with Crippen LogP contribution in [0.15, 0.2) is 29.3 Å². The molecule has 114 valence electrons. The number of hydrogen-bond donors (Lipinski definition) is 2. The van der Waals surface area contributed by atoms with Crippen molar-refractivity contribution in [2.75, 3.05) is 18.8 Å². The maximum atomic E-state index is 12.9. The summed E-state index contributed by atoms with van der Waals surface area (Å²) in [5, 5.41) is 0.669. The van der Waals surface area contributed by atoms with E-state index in [1.807, 2.05) is 6.07 Å². The van der Waals surface area contributed by atoms with E-state index in [1.54, 1.807) is 22.6 Å². The lowest BCUT2D eigenvalue weighted by Crippen LogP contribution is -2.29. The van der Waals surface area contributed by atoms with Crippen molar-refractivity contribution in [1.82, 2.24) is 9.29 Å². The lowest BCUT2D eigenvalue weighted by molar-refractivity contribution is 0.389. The number of hydrogen-bond acceptors (Lipinski definition) is 3. The van der Waals surface area contributed by atoms with E-state index < -0.39 is 10.0 Å². The van der Waals surface area contributed by atoms with E-state index in [-0.39, 0.29) is 0 Å². The van der Waals surface area contributed by atoms with E-state index in [0.717, 1.165) is 11.9 Å². The number of rotatable bonds is 3. The van der Waals surface area contributed by atoms with Gasteiger partial charge in [0.2, 0.25) is 10.0 Å². The van der Waals surface area contributed by atoms with Crippen molar-refractivity contribution in [3.63, 3.8) is 0 Å². The molecule has 1 aliphatic heterocycles. The Morgan fingerprint density at radius 2 is 2.14 bits per heavy atom. The number of sulfonamides is 1. The molecule has 1 unspecified atom stereocenters. The third-order valence-electron chi connectivity index (χ3n) is 4.42. The molecule has 2 heterocycles. The number of nitrogens with zero attached hydrogens (tertiary/aromatic N) is 1. The normalized spacial score (nSPS) is 20.6. The fourth-order valence-electron chi connectivity index (χ4n) is 2.98. The summed E-state index contributed by atoms with van der Waals surface area (Å²) < 4.78 is 27.3. The number of aromatic nitrogens is 1. The zero-order valence-corrected chi connectivity index (χ0v) is 13.2. The summed E-state index contributed by atoms with van der Waals surface area (Å²) in [7, 11) is -3.46. The molecule has 1 aromatic carbocycles. The average molecular weight is 307 g/mol. The third kappa shape index (κ3) is 2.42. The zero-order valence-electron chi connectivity index (χ0n) is 12.3. The minimum absolute atomic E-state index is 0.328. The highest BCUT2D eigenvalue weighted by molar-refractivity contribution is 7.89. The number of H-pyrrole nitrogens is 1. The molecule has 3 rings (SSSR count). The standard InChI is InChI=1S/C15H21N3O2S/c1-10(2)11-5-6-18(9-11)21(19,20)15-8-17-14-4-3-12(16)7-13(14)15/h3-4,7-8,10-11,17H,5-6,9,16H2,1-2H3. The van der Waals surface area contributed by atoms with Gasteiger partial charge in [-0.2, -0.15) is 4.31 Å². The quantitative estimate of drug-likeness (QED) is 0.855. The number of aromatic amines is 1. The number of nitrogens with two attached hydrogens (primary N) is 1. The monoisotopic (exact) mass is 307 g/mol. The Morgan fingerprint density at radius 3 is 2.81 bits per heavy atom. The molecule has 1 saturated heterocycles. The van der Waals surface area contributed by atoms with Crippen LogP contribution < -0.4 is 5.73 Å². The molecular weight excluding hydrogens is 286 g/mol. The summed E-state index contributed by atoms with van der Waals surface area (Å²) >= 11 is 0. The van der Waals surface area contributed by atoms with Crippen LogP contribution in [0.25, 0.3) is 10.9 Å². The molecule has 0 radical (unpaired) electrons. The predicted molar refractivity (Wildman–Crippen MR) is 84.4 cm³/mol. The van der Waals surface area contributed by atoms with Gasteiger partial charge in [-0.15, -0.1) is 0 Å². The molecule has 0 amide bonds. The van der Waals surface area contributed by atoms with Gasteiger partial charge in [0.1, 0.15) is 4.90 Å². The topological polar surface area (TPSA) is 79.2 Å². The summed E-state index contributed by atoms with van der Waals surface area (Å²) in [6.45, 7) is 5.50. The van der Waals surface area contributed by atoms with E-state index in [1.165, 1.54) is 0 Å². The minimum Gasteiger partial charge on any atom is -0.399 e. The summed E-state index contributed by atoms with van der Waals surface area (Å²) in [6, 6.07) is 5.29. The summed E-state index contributed by atoms with van der Waals surface area (Å²) in [5.41, 5.74) is 7.15. The molecule has 2 aromatic rings. The molecule has 6 heteroatoms. The smallest absolute Gasteiger partial charge is 0.245 e. The summed E-state index contributed by atoms with van der Waals surface area (Å²) in [6.07, 6.45) is 2.50. The van der Waals surface area contributed by atoms with Crippen LogP contribution >= 0.6 is 0 Å². The molecule has 1 aliphatic rings. The van der Waals surface area contributed by atoms with E-state index in [9.17, 15) is 8.42 Å². The molecule has 1 atom stereocenters. The SMILES string of the molecule is CC(C)C1CCN(S(=O)(=O)c2c[nH]c3ccc(N)cc23)C1. The maximum Gasteiger partial charge on any atom is 0.245 e. The number of nitrogens with one attached hydrogen (secondary N) is 1. The Bertz CT molecular complexity index is 764. The predicted octanol–water partition coefficient (Wildman–Crippen LogP) is 2.42. The lowest BCUT2D eigenvalue weighted by Gasteiger charge is -2.17. The largest absolute Gasteiger partial charge is 0.399 e. The van der Waals surface area contributed by atoms with Crippen LogP contribution in [0.1, 0.15) is 20.3 Å². The second-order valence-corrected chi connectivity index (χ2v) is 8.02. The van der Waals surface area contributed by atoms with Crippen LogP contribution in [0.2, 0.25) is 0 Å². The van der Waals surface area contributed by atoms with Crippen molar-refractivity contribution in [2.24, 2.45) is 11.8 Å². The van der Waals surface area contributed by atoms with Crippen LogP contribution in [-0.2, 0) is 10.0 Å². The van der Waals surface area contributed by atoms with Crippen molar-refractivity contribution in [2.45, 2.75) is 25.2 Å². The number of benzene rings is 1. The fourth-order valence-corrected chi connectivity index (χ4v) is 4.65. The van der Waals surface area contributed by atoms with Crippen LogP contribution in [0.4, 0.5) is 5.69 Å². The summed E-state index contributed by atoms with van der Waals surface area (Å²) in [4.78, 5) is 3.35. The van der Waals surface area contributed by atoms with Crippen molar-refractivity contribution < 1.29 is 8.42 Å². The number of nitrogen functional groups attached to an aromatic ring is 1. The fraction of sp³-hybridized carbons (Fsp3) is 0.467. The maximum absolute atomic E-state index is 12.9. The van der Waals surface area contributed by atoms with Gasteiger partial charge in [-0.05, 0) is 36.5 Å². The highest BCUT2D eigenvalue weighted by atomic mass is 32.2. The molecule has 3 N–H and O–H groups in total. The van der Waals surface area contributed by atoms with Gasteiger partial charge >= 0.3 is 0 Å². The molecule has 5 nitrogen and oxygen atoms in total. The van der Waals surface area contributed by atoms with Gasteiger partial charge in [-0.3, -0.25) is 0 Å². The summed E-state index contributed by atoms with van der Waals surface area (Å²) in [5.74, 6) is 0.943. The van der Waals surface area contributed by atoms with Gasteiger partial charge in [-0.1, -0.05) is 13.8 Å². The first-order valence-corrected chi connectivity index (χ1v) is 8.70. The highest BCUT2D eigenvalue weighted by Crippen LogP contribution is 2.32. The van der Waals surface area contributed by atoms with Crippen molar-refractivity contribution >= 4 is 26.6 Å². The van der Waals surface area contributed by atoms with E-state index >= 15 is 0 Å². The van der Waals surface area contributed by atoms with E-state index in [0.29, 0.717) is 40.9 Å². The lowest BCUT2D eigenvalue weighted by atomic mass is 9.96. The minimum atomic E-state index is -3.46. The first-order valence-electron chi connectivity index (χ1n) is 7.26. The first kappa shape index (κ1) is 14.4. The van der Waals surface area contributed by atoms with Gasteiger partial charge < -0.3 is 10.7 Å². The molecule has 0 bridgehead atoms. The second-order valence-electron chi connectivity index (χ2n) is 6.11. The molecule has 21 heavy (non-hydrogen) atoms. The van der Waals surface area contributed by atoms with Gasteiger partial charge in [0.25, 0.3) is 0 Å². The Kier molecular flexibility index (Phi) is 3.45. The van der Waals surface area contributed by atoms with Crippen molar-refractivity contribution in [3.05, 3.63) is 24.4 Å². The highest BCUT2D eigenvalue weighted by Gasteiger charge is 2.34. The molecular formula is C15H21N3O2S. The Labute approximate surface area is 125 Å². The Balaban J connectivity index is 1.99. The van der Waals surface area contributed by atoms with Crippen LogP contribution in [-0.4, -0.2) is 30.8 Å². The van der Waals surface area contributed by atoms with Crippen LogP contribution in [0.5, 0.6) is 0 Å². The zero-order chi connectivity index (χ0) is 15.2. The Hall–Kier alpha value is -1.53. The van der Waals surface area contributed by atoms with E-state index in [2.05, 4.69) is 18.8 Å². The first-order chi connectivity index (χ1) is 9.89. The Morgan fingerprint density at radius 1 is 1.38 bits per heavy atom. The number of anilines is 1. The molecule has 1 fully saturated rings. The van der Waals surface area contributed by atoms with Crippen molar-refractivity contribution in [3.8, 4) is 0 Å². The third-order valence-corrected chi connectivity index (χ3v) is 6.32. The van der Waals surface area contributed by atoms with Crippen LogP contribution in [0, 0.1) is 11.8 Å². The molecule has 0 saturated carbocycles. The molecule has 1 aromatic heterocycles. The molecule has 0 spiro atoms. The average Bonchev–Trinajstić information content (AvgIpc) is 3.05. The van der Waals surface area contributed by atoms with E-state index in [4.69, 9.17) is 5.73 Å². The van der Waals surface area contributed by atoms with Gasteiger partial charge in [0, 0.05) is 35.9 Å². The van der Waals surface area contributed by atoms with Gasteiger partial charge in [0.15, 0.2) is 0 Å². The number of fused-ring (bicyclic) bond motifs is 1. The van der Waals surface area contributed by atoms with Gasteiger partial charge in [-0.25, -0.2) is 8.42 Å². The second kappa shape index (κ2) is 5.03.